The molecule has 0 saturated carbocycles. The minimum Gasteiger partial charge on any atom is -0.255 e. The van der Waals surface area contributed by atoms with Crippen molar-refractivity contribution in [2.75, 3.05) is 0 Å². The molecule has 3 heteroatoms. The lowest BCUT2D eigenvalue weighted by Gasteiger charge is -2.37. The van der Waals surface area contributed by atoms with Gasteiger partial charge < -0.3 is 0 Å². The van der Waals surface area contributed by atoms with Gasteiger partial charge in [0.05, 0.1) is 18.5 Å². The fourth-order valence-corrected chi connectivity index (χ4v) is 15.4. The first-order valence-electron chi connectivity index (χ1n) is 15.2. The SMILES string of the molecule is CC(C)C[Si](CC(C)C)(CC(C)C)c1ccc2c(c1)sc1c(-c3cc(C(C)(C)C)c4ccccc4c3)nccc12. The van der Waals surface area contributed by atoms with E-state index in [2.05, 4.69) is 123 Å². The van der Waals surface area contributed by atoms with E-state index in [9.17, 15) is 0 Å². The third kappa shape index (κ3) is 5.65. The molecular formula is C37H47NSSi. The van der Waals surface area contributed by atoms with Gasteiger partial charge in [0.25, 0.3) is 0 Å². The Balaban J connectivity index is 1.72. The minimum atomic E-state index is -1.67. The molecule has 2 heterocycles. The molecule has 2 aromatic heterocycles. The smallest absolute Gasteiger partial charge is 0.0880 e. The Morgan fingerprint density at radius 1 is 0.725 bits per heavy atom. The second kappa shape index (κ2) is 11.1. The van der Waals surface area contributed by atoms with Crippen LogP contribution in [-0.2, 0) is 5.41 Å². The summed E-state index contributed by atoms with van der Waals surface area (Å²) in [5.41, 5.74) is 3.78. The van der Waals surface area contributed by atoms with E-state index < -0.39 is 8.07 Å². The van der Waals surface area contributed by atoms with E-state index in [4.69, 9.17) is 4.98 Å². The van der Waals surface area contributed by atoms with E-state index in [0.29, 0.717) is 0 Å². The molecule has 0 aliphatic rings. The molecule has 0 radical (unpaired) electrons. The van der Waals surface area contributed by atoms with Crippen molar-refractivity contribution >= 4 is 55.5 Å². The predicted molar refractivity (Wildman–Crippen MR) is 183 cm³/mol. The summed E-state index contributed by atoms with van der Waals surface area (Å²) in [7, 11) is -1.67. The summed E-state index contributed by atoms with van der Waals surface area (Å²) in [5, 5.41) is 7.02. The third-order valence-corrected chi connectivity index (χ3v) is 15.8. The summed E-state index contributed by atoms with van der Waals surface area (Å²) < 4.78 is 2.74. The molecule has 5 rings (SSSR count). The first kappa shape index (κ1) is 29.0. The maximum absolute atomic E-state index is 5.01. The van der Waals surface area contributed by atoms with Crippen molar-refractivity contribution in [2.45, 2.75) is 85.9 Å². The van der Waals surface area contributed by atoms with E-state index >= 15 is 0 Å². The Morgan fingerprint density at radius 3 is 2.00 bits per heavy atom. The molecule has 0 amide bonds. The largest absolute Gasteiger partial charge is 0.255 e. The average molecular weight is 566 g/mol. The Kier molecular flexibility index (Phi) is 8.02. The number of nitrogens with zero attached hydrogens (tertiary/aromatic N) is 1. The number of pyridine rings is 1. The van der Waals surface area contributed by atoms with Gasteiger partial charge in [-0.2, -0.15) is 0 Å². The van der Waals surface area contributed by atoms with Gasteiger partial charge in [-0.3, -0.25) is 4.98 Å². The zero-order chi connectivity index (χ0) is 28.8. The van der Waals surface area contributed by atoms with Crippen LogP contribution in [0.5, 0.6) is 0 Å². The molecule has 3 aromatic carbocycles. The normalized spacial score (nSPS) is 13.1. The maximum atomic E-state index is 5.01. The highest BCUT2D eigenvalue weighted by Crippen LogP contribution is 2.42. The van der Waals surface area contributed by atoms with Crippen LogP contribution in [0.15, 0.2) is 66.9 Å². The fourth-order valence-electron chi connectivity index (χ4n) is 7.25. The van der Waals surface area contributed by atoms with E-state index in [1.165, 1.54) is 60.2 Å². The number of hydrogen-bond acceptors (Lipinski definition) is 2. The molecule has 0 saturated heterocycles. The van der Waals surface area contributed by atoms with Crippen LogP contribution >= 0.6 is 11.3 Å². The summed E-state index contributed by atoms with van der Waals surface area (Å²) >= 11 is 1.95. The van der Waals surface area contributed by atoms with Crippen molar-refractivity contribution in [3.8, 4) is 11.3 Å². The second-order valence-electron chi connectivity index (χ2n) is 14.4. The van der Waals surface area contributed by atoms with E-state index in [1.807, 2.05) is 17.5 Å². The highest BCUT2D eigenvalue weighted by molar-refractivity contribution is 7.26. The van der Waals surface area contributed by atoms with E-state index in [-0.39, 0.29) is 5.41 Å². The lowest BCUT2D eigenvalue weighted by molar-refractivity contribution is 0.596. The van der Waals surface area contributed by atoms with Crippen molar-refractivity contribution in [2.24, 2.45) is 17.8 Å². The molecule has 1 nitrogen and oxygen atoms in total. The van der Waals surface area contributed by atoms with Crippen molar-refractivity contribution in [1.29, 1.82) is 0 Å². The Labute approximate surface area is 247 Å². The van der Waals surface area contributed by atoms with Gasteiger partial charge in [0.15, 0.2) is 0 Å². The van der Waals surface area contributed by atoms with Crippen LogP contribution in [0.4, 0.5) is 0 Å². The van der Waals surface area contributed by atoms with Crippen LogP contribution in [0.25, 0.3) is 42.2 Å². The van der Waals surface area contributed by atoms with Gasteiger partial charge in [0.1, 0.15) is 0 Å². The van der Waals surface area contributed by atoms with Gasteiger partial charge in [-0.1, -0.05) is 122 Å². The molecular weight excluding hydrogens is 519 g/mol. The quantitative estimate of drug-likeness (QED) is 0.170. The molecule has 0 spiro atoms. The van der Waals surface area contributed by atoms with Crippen molar-refractivity contribution in [3.63, 3.8) is 0 Å². The maximum Gasteiger partial charge on any atom is 0.0880 e. The highest BCUT2D eigenvalue weighted by atomic mass is 32.1. The molecule has 0 fully saturated rings. The van der Waals surface area contributed by atoms with Gasteiger partial charge in [0, 0.05) is 27.2 Å². The van der Waals surface area contributed by atoms with E-state index in [0.717, 1.165) is 23.4 Å². The van der Waals surface area contributed by atoms with Crippen LogP contribution in [0, 0.1) is 17.8 Å². The third-order valence-electron chi connectivity index (χ3n) is 8.34. The number of rotatable bonds is 8. The van der Waals surface area contributed by atoms with Crippen molar-refractivity contribution in [1.82, 2.24) is 4.98 Å². The summed E-state index contributed by atoms with van der Waals surface area (Å²) in [6, 6.07) is 27.4. The minimum absolute atomic E-state index is 0.0514. The number of benzene rings is 3. The molecule has 0 unspecified atom stereocenters. The number of thiophene rings is 1. The Hall–Kier alpha value is -2.49. The van der Waals surface area contributed by atoms with Gasteiger partial charge in [-0.05, 0) is 63.8 Å². The average Bonchev–Trinajstić information content (AvgIpc) is 3.24. The zero-order valence-corrected chi connectivity index (χ0v) is 27.9. The standard InChI is InChI=1S/C37H47NSSi/c1-24(2)21-40(22-25(3)4,23-26(5)6)29-14-15-31-32-16-17-38-35(36(32)39-34(31)20-29)28-18-27-12-10-11-13-30(27)33(19-28)37(7,8)9/h10-20,24-26H,21-23H2,1-9H3. The lowest BCUT2D eigenvalue weighted by Crippen LogP contribution is -2.50. The summed E-state index contributed by atoms with van der Waals surface area (Å²) in [4.78, 5) is 5.01. The molecule has 40 heavy (non-hydrogen) atoms. The summed E-state index contributed by atoms with van der Waals surface area (Å²) in [6.45, 7) is 21.5. The number of aromatic nitrogens is 1. The second-order valence-corrected chi connectivity index (χ2v) is 19.8. The van der Waals surface area contributed by atoms with Crippen LogP contribution in [0.3, 0.4) is 0 Å². The predicted octanol–water partition coefficient (Wildman–Crippen LogP) is 11.2. The van der Waals surface area contributed by atoms with Gasteiger partial charge in [0.2, 0.25) is 0 Å². The molecule has 0 bridgehead atoms. The van der Waals surface area contributed by atoms with Gasteiger partial charge >= 0.3 is 0 Å². The molecule has 0 atom stereocenters. The molecule has 0 N–H and O–H groups in total. The lowest BCUT2D eigenvalue weighted by atomic mass is 9.82. The first-order chi connectivity index (χ1) is 18.9. The fraction of sp³-hybridized carbons (Fsp3) is 0.432. The van der Waals surface area contributed by atoms with Crippen LogP contribution in [-0.4, -0.2) is 13.1 Å². The zero-order valence-electron chi connectivity index (χ0n) is 26.1. The van der Waals surface area contributed by atoms with Gasteiger partial charge in [-0.15, -0.1) is 11.3 Å². The topological polar surface area (TPSA) is 12.9 Å². The first-order valence-corrected chi connectivity index (χ1v) is 18.7. The van der Waals surface area contributed by atoms with Crippen molar-refractivity contribution in [3.05, 3.63) is 72.4 Å². The summed E-state index contributed by atoms with van der Waals surface area (Å²) in [5.74, 6) is 2.17. The van der Waals surface area contributed by atoms with Crippen molar-refractivity contribution < 1.29 is 0 Å². The number of hydrogen-bond donors (Lipinski definition) is 0. The Bertz CT molecular complexity index is 1620. The van der Waals surface area contributed by atoms with Crippen LogP contribution in [0.2, 0.25) is 18.1 Å². The molecule has 5 aromatic rings. The van der Waals surface area contributed by atoms with E-state index in [1.54, 1.807) is 5.19 Å². The Morgan fingerprint density at radius 2 is 1.38 bits per heavy atom. The molecule has 0 aliphatic carbocycles. The number of fused-ring (bicyclic) bond motifs is 4. The van der Waals surface area contributed by atoms with Crippen LogP contribution < -0.4 is 5.19 Å². The van der Waals surface area contributed by atoms with Crippen LogP contribution in [0.1, 0.15) is 67.9 Å². The monoisotopic (exact) mass is 565 g/mol. The molecule has 210 valence electrons. The highest BCUT2D eigenvalue weighted by Gasteiger charge is 2.37. The molecule has 0 aliphatic heterocycles. The van der Waals surface area contributed by atoms with Gasteiger partial charge in [-0.25, -0.2) is 0 Å². The summed E-state index contributed by atoms with van der Waals surface area (Å²) in [6.07, 6.45) is 2.01.